The molecule has 0 aliphatic heterocycles. The van der Waals surface area contributed by atoms with Gasteiger partial charge in [0.1, 0.15) is 0 Å². The summed E-state index contributed by atoms with van der Waals surface area (Å²) in [7, 11) is 0. The van der Waals surface area contributed by atoms with Gasteiger partial charge in [-0.3, -0.25) is 4.79 Å². The summed E-state index contributed by atoms with van der Waals surface area (Å²) in [6.07, 6.45) is 5.92. The van der Waals surface area contributed by atoms with Crippen LogP contribution in [-0.4, -0.2) is 10.9 Å². The first-order valence-electron chi connectivity index (χ1n) is 8.59. The fraction of sp³-hybridized carbons (Fsp3) is 0.238. The molecule has 2 atom stereocenters. The molecule has 0 bridgehead atoms. The quantitative estimate of drug-likeness (QED) is 0.653. The van der Waals surface area contributed by atoms with Crippen LogP contribution in [0.4, 0.5) is 5.69 Å². The molecule has 3 nitrogen and oxygen atoms in total. The number of thiazole rings is 1. The molecule has 0 unspecified atom stereocenters. The summed E-state index contributed by atoms with van der Waals surface area (Å²) in [5, 5.41) is 4.14. The number of hydrogen-bond donors (Lipinski definition) is 1. The SMILES string of the molecule is Cc1ccc(NC(=O)[C@H]2CC=CC[C@@H]2c2nc3ccccc3s2)cc1. The number of benzene rings is 2. The number of nitrogens with zero attached hydrogens (tertiary/aromatic N) is 1. The third kappa shape index (κ3) is 3.35. The predicted octanol–water partition coefficient (Wildman–Crippen LogP) is 5.29. The minimum atomic E-state index is -0.0770. The van der Waals surface area contributed by atoms with Crippen LogP contribution in [0.5, 0.6) is 0 Å². The first-order valence-corrected chi connectivity index (χ1v) is 9.40. The maximum Gasteiger partial charge on any atom is 0.228 e. The van der Waals surface area contributed by atoms with E-state index in [9.17, 15) is 4.79 Å². The fourth-order valence-electron chi connectivity index (χ4n) is 3.30. The lowest BCUT2D eigenvalue weighted by atomic mass is 9.82. The van der Waals surface area contributed by atoms with Crippen molar-refractivity contribution >= 4 is 33.1 Å². The van der Waals surface area contributed by atoms with E-state index < -0.39 is 0 Å². The van der Waals surface area contributed by atoms with E-state index in [0.717, 1.165) is 29.1 Å². The van der Waals surface area contributed by atoms with Crippen molar-refractivity contribution in [3.05, 3.63) is 71.3 Å². The number of para-hydroxylation sites is 1. The normalized spacial score (nSPS) is 19.9. The molecule has 1 heterocycles. The molecule has 0 radical (unpaired) electrons. The maximum atomic E-state index is 12.9. The molecule has 0 fully saturated rings. The van der Waals surface area contributed by atoms with E-state index in [-0.39, 0.29) is 17.7 Å². The molecular formula is C21H20N2OS. The molecule has 1 N–H and O–H groups in total. The first kappa shape index (κ1) is 16.0. The van der Waals surface area contributed by atoms with Crippen LogP contribution in [0.25, 0.3) is 10.2 Å². The highest BCUT2D eigenvalue weighted by Gasteiger charge is 2.32. The lowest BCUT2D eigenvalue weighted by molar-refractivity contribution is -0.120. The Morgan fingerprint density at radius 3 is 2.64 bits per heavy atom. The highest BCUT2D eigenvalue weighted by atomic mass is 32.1. The van der Waals surface area contributed by atoms with Crippen LogP contribution in [0.2, 0.25) is 0 Å². The van der Waals surface area contributed by atoms with Gasteiger partial charge >= 0.3 is 0 Å². The van der Waals surface area contributed by atoms with Crippen molar-refractivity contribution in [2.75, 3.05) is 5.32 Å². The Bertz CT molecular complexity index is 893. The van der Waals surface area contributed by atoms with Crippen molar-refractivity contribution in [1.29, 1.82) is 0 Å². The number of hydrogen-bond acceptors (Lipinski definition) is 3. The van der Waals surface area contributed by atoms with Crippen molar-refractivity contribution in [1.82, 2.24) is 4.98 Å². The second-order valence-corrected chi connectivity index (χ2v) is 7.59. The zero-order valence-electron chi connectivity index (χ0n) is 14.1. The molecule has 0 saturated carbocycles. The number of anilines is 1. The van der Waals surface area contributed by atoms with E-state index in [2.05, 4.69) is 23.5 Å². The van der Waals surface area contributed by atoms with Crippen LogP contribution in [0.15, 0.2) is 60.7 Å². The zero-order chi connectivity index (χ0) is 17.2. The monoisotopic (exact) mass is 348 g/mol. The number of amides is 1. The van der Waals surface area contributed by atoms with Gasteiger partial charge in [0.25, 0.3) is 0 Å². The molecule has 1 aliphatic rings. The molecule has 2 aromatic carbocycles. The number of aryl methyl sites for hydroxylation is 1. The standard InChI is InChI=1S/C21H20N2OS/c1-14-10-12-15(13-11-14)22-20(24)16-6-2-3-7-17(16)21-23-18-8-4-5-9-19(18)25-21/h2-5,8-13,16-17H,6-7H2,1H3,(H,22,24)/t16-,17-/m0/s1. The summed E-state index contributed by atoms with van der Waals surface area (Å²) in [5.74, 6) is 0.150. The number of aromatic nitrogens is 1. The van der Waals surface area contributed by atoms with Gasteiger partial charge in [0.05, 0.1) is 21.1 Å². The number of allylic oxidation sites excluding steroid dienone is 2. The highest BCUT2D eigenvalue weighted by Crippen LogP contribution is 2.39. The average molecular weight is 348 g/mol. The van der Waals surface area contributed by atoms with Crippen LogP contribution in [0.1, 0.15) is 29.3 Å². The summed E-state index contributed by atoms with van der Waals surface area (Å²) >= 11 is 1.71. The second kappa shape index (κ2) is 6.81. The first-order chi connectivity index (χ1) is 12.2. The van der Waals surface area contributed by atoms with Crippen molar-refractivity contribution in [2.45, 2.75) is 25.7 Å². The predicted molar refractivity (Wildman–Crippen MR) is 104 cm³/mol. The molecule has 0 spiro atoms. The molecule has 3 aromatic rings. The van der Waals surface area contributed by atoms with Gasteiger partial charge in [0.2, 0.25) is 5.91 Å². The summed E-state index contributed by atoms with van der Waals surface area (Å²) in [6.45, 7) is 2.04. The number of rotatable bonds is 3. The van der Waals surface area contributed by atoms with E-state index in [0.29, 0.717) is 0 Å². The van der Waals surface area contributed by atoms with Gasteiger partial charge in [0.15, 0.2) is 0 Å². The molecule has 4 rings (SSSR count). The Morgan fingerprint density at radius 2 is 1.84 bits per heavy atom. The molecule has 0 saturated heterocycles. The minimum Gasteiger partial charge on any atom is -0.326 e. The summed E-state index contributed by atoms with van der Waals surface area (Å²) in [5.41, 5.74) is 3.06. The topological polar surface area (TPSA) is 42.0 Å². The average Bonchev–Trinajstić information content (AvgIpc) is 3.07. The minimum absolute atomic E-state index is 0.0770. The Balaban J connectivity index is 1.59. The number of nitrogens with one attached hydrogen (secondary N) is 1. The van der Waals surface area contributed by atoms with Crippen LogP contribution >= 0.6 is 11.3 Å². The van der Waals surface area contributed by atoms with Crippen LogP contribution in [0, 0.1) is 12.8 Å². The maximum absolute atomic E-state index is 12.9. The van der Waals surface area contributed by atoms with Gasteiger partial charge in [-0.15, -0.1) is 11.3 Å². The summed E-state index contributed by atoms with van der Waals surface area (Å²) in [6, 6.07) is 16.1. The Hall–Kier alpha value is -2.46. The largest absolute Gasteiger partial charge is 0.326 e. The zero-order valence-corrected chi connectivity index (χ0v) is 14.9. The fourth-order valence-corrected chi connectivity index (χ4v) is 4.44. The number of fused-ring (bicyclic) bond motifs is 1. The van der Waals surface area contributed by atoms with Gasteiger partial charge in [-0.1, -0.05) is 42.0 Å². The van der Waals surface area contributed by atoms with Crippen LogP contribution < -0.4 is 5.32 Å². The lowest BCUT2D eigenvalue weighted by Gasteiger charge is -2.26. The van der Waals surface area contributed by atoms with Crippen molar-refractivity contribution in [3.63, 3.8) is 0 Å². The van der Waals surface area contributed by atoms with Gasteiger partial charge in [-0.05, 0) is 44.0 Å². The third-order valence-corrected chi connectivity index (χ3v) is 5.88. The molecule has 1 aliphatic carbocycles. The summed E-state index contributed by atoms with van der Waals surface area (Å²) in [4.78, 5) is 17.7. The smallest absolute Gasteiger partial charge is 0.228 e. The Labute approximate surface area is 151 Å². The molecular weight excluding hydrogens is 328 g/mol. The van der Waals surface area contributed by atoms with E-state index in [1.54, 1.807) is 11.3 Å². The molecule has 25 heavy (non-hydrogen) atoms. The van der Waals surface area contributed by atoms with Gasteiger partial charge in [-0.25, -0.2) is 4.98 Å². The lowest BCUT2D eigenvalue weighted by Crippen LogP contribution is -2.29. The van der Waals surface area contributed by atoms with E-state index in [1.165, 1.54) is 10.3 Å². The Morgan fingerprint density at radius 1 is 1.08 bits per heavy atom. The molecule has 126 valence electrons. The highest BCUT2D eigenvalue weighted by molar-refractivity contribution is 7.18. The summed E-state index contributed by atoms with van der Waals surface area (Å²) < 4.78 is 1.18. The van der Waals surface area contributed by atoms with Gasteiger partial charge in [-0.2, -0.15) is 0 Å². The van der Waals surface area contributed by atoms with E-state index in [1.807, 2.05) is 49.4 Å². The molecule has 1 amide bonds. The van der Waals surface area contributed by atoms with Crippen molar-refractivity contribution in [2.24, 2.45) is 5.92 Å². The van der Waals surface area contributed by atoms with Crippen molar-refractivity contribution in [3.8, 4) is 0 Å². The molecule has 1 aromatic heterocycles. The van der Waals surface area contributed by atoms with Gasteiger partial charge in [0, 0.05) is 11.6 Å². The third-order valence-electron chi connectivity index (χ3n) is 4.72. The van der Waals surface area contributed by atoms with E-state index in [4.69, 9.17) is 4.98 Å². The van der Waals surface area contributed by atoms with Crippen LogP contribution in [0.3, 0.4) is 0 Å². The Kier molecular flexibility index (Phi) is 4.36. The van der Waals surface area contributed by atoms with E-state index >= 15 is 0 Å². The van der Waals surface area contributed by atoms with Gasteiger partial charge < -0.3 is 5.32 Å². The molecule has 4 heteroatoms. The second-order valence-electron chi connectivity index (χ2n) is 6.53. The van der Waals surface area contributed by atoms with Crippen molar-refractivity contribution < 1.29 is 4.79 Å². The number of carbonyl (C=O) groups is 1. The van der Waals surface area contributed by atoms with Crippen LogP contribution in [-0.2, 0) is 4.79 Å². The number of carbonyl (C=O) groups excluding carboxylic acids is 1.